The van der Waals surface area contributed by atoms with Crippen molar-refractivity contribution in [3.63, 3.8) is 0 Å². The van der Waals surface area contributed by atoms with Gasteiger partial charge in [0.1, 0.15) is 4.90 Å². The number of hydrogen-bond acceptors (Lipinski definition) is 4. The van der Waals surface area contributed by atoms with Crippen LogP contribution in [0.2, 0.25) is 10.0 Å². The second-order valence-corrected chi connectivity index (χ2v) is 7.11. The maximum Gasteiger partial charge on any atom is 0.242 e. The molecule has 8 heteroatoms. The molecule has 0 atom stereocenters. The molecule has 0 unspecified atom stereocenters. The molecule has 1 aromatic carbocycles. The van der Waals surface area contributed by atoms with Crippen molar-refractivity contribution >= 4 is 38.9 Å². The predicted molar refractivity (Wildman–Crippen MR) is 74.9 cm³/mol. The minimum atomic E-state index is -3.84. The summed E-state index contributed by atoms with van der Waals surface area (Å²) in [4.78, 5) is -0.129. The number of nitrogens with two attached hydrogens (primary N) is 1. The van der Waals surface area contributed by atoms with Gasteiger partial charge in [-0.2, -0.15) is 0 Å². The van der Waals surface area contributed by atoms with Gasteiger partial charge in [-0.3, -0.25) is 0 Å². The lowest BCUT2D eigenvalue weighted by Gasteiger charge is -2.40. The van der Waals surface area contributed by atoms with Gasteiger partial charge in [-0.05, 0) is 31.4 Å². The highest BCUT2D eigenvalue weighted by Gasteiger charge is 2.40. The van der Waals surface area contributed by atoms with Crippen molar-refractivity contribution in [3.05, 3.63) is 22.2 Å². The molecule has 0 aliphatic heterocycles. The summed E-state index contributed by atoms with van der Waals surface area (Å²) >= 11 is 11.7. The molecule has 0 aromatic heterocycles. The van der Waals surface area contributed by atoms with Gasteiger partial charge in [-0.15, -0.1) is 0 Å². The highest BCUT2D eigenvalue weighted by Crippen LogP contribution is 2.36. The molecule has 0 bridgehead atoms. The van der Waals surface area contributed by atoms with E-state index in [0.29, 0.717) is 12.8 Å². The van der Waals surface area contributed by atoms with Gasteiger partial charge in [0, 0.05) is 0 Å². The first kappa shape index (κ1) is 14.9. The summed E-state index contributed by atoms with van der Waals surface area (Å²) in [5.41, 5.74) is 4.86. The van der Waals surface area contributed by atoms with E-state index in [1.165, 1.54) is 12.1 Å². The molecular weight excluding hydrogens is 311 g/mol. The van der Waals surface area contributed by atoms with Crippen molar-refractivity contribution in [1.29, 1.82) is 0 Å². The third kappa shape index (κ3) is 2.68. The first-order valence-corrected chi connectivity index (χ1v) is 7.93. The van der Waals surface area contributed by atoms with Crippen LogP contribution in [-0.4, -0.2) is 25.7 Å². The summed E-state index contributed by atoms with van der Waals surface area (Å²) in [5.74, 6) is 0. The monoisotopic (exact) mass is 324 g/mol. The largest absolute Gasteiger partial charge is 0.396 e. The van der Waals surface area contributed by atoms with Crippen LogP contribution in [0.15, 0.2) is 17.0 Å². The van der Waals surface area contributed by atoms with E-state index in [9.17, 15) is 13.5 Å². The Balaban J connectivity index is 2.38. The minimum absolute atomic E-state index is 0.0258. The van der Waals surface area contributed by atoms with Crippen molar-refractivity contribution < 1.29 is 13.5 Å². The number of benzene rings is 1. The molecule has 0 radical (unpaired) electrons. The minimum Gasteiger partial charge on any atom is -0.396 e. The maximum absolute atomic E-state index is 12.3. The van der Waals surface area contributed by atoms with E-state index in [0.717, 1.165) is 6.42 Å². The summed E-state index contributed by atoms with van der Waals surface area (Å²) in [6, 6.07) is 2.68. The zero-order valence-electron chi connectivity index (χ0n) is 9.99. The molecule has 106 valence electrons. The van der Waals surface area contributed by atoms with Gasteiger partial charge in [-0.25, -0.2) is 13.1 Å². The zero-order valence-corrected chi connectivity index (χ0v) is 12.3. The van der Waals surface area contributed by atoms with Gasteiger partial charge >= 0.3 is 0 Å². The van der Waals surface area contributed by atoms with Gasteiger partial charge < -0.3 is 10.8 Å². The number of aliphatic hydroxyl groups excluding tert-OH is 1. The fourth-order valence-electron chi connectivity index (χ4n) is 1.99. The molecule has 4 N–H and O–H groups in total. The second-order valence-electron chi connectivity index (χ2n) is 4.67. The Kier molecular flexibility index (Phi) is 3.99. The maximum atomic E-state index is 12.3. The average molecular weight is 325 g/mol. The molecule has 1 fully saturated rings. The molecule has 5 nitrogen and oxygen atoms in total. The van der Waals surface area contributed by atoms with Crippen LogP contribution < -0.4 is 10.5 Å². The number of aliphatic hydroxyl groups is 1. The van der Waals surface area contributed by atoms with Crippen molar-refractivity contribution in [1.82, 2.24) is 4.72 Å². The Labute approximate surface area is 121 Å². The lowest BCUT2D eigenvalue weighted by molar-refractivity contribution is 0.110. The molecule has 0 amide bonds. The Bertz CT molecular complexity index is 595. The Morgan fingerprint density at radius 2 is 2.00 bits per heavy atom. The summed E-state index contributed by atoms with van der Waals surface area (Å²) in [6.07, 6.45) is 2.08. The lowest BCUT2D eigenvalue weighted by atomic mass is 9.78. The number of anilines is 1. The second kappa shape index (κ2) is 5.10. The topological polar surface area (TPSA) is 92.4 Å². The van der Waals surface area contributed by atoms with Crippen LogP contribution in [0.4, 0.5) is 5.69 Å². The van der Waals surface area contributed by atoms with Crippen LogP contribution in [0.3, 0.4) is 0 Å². The number of nitrogens with one attached hydrogen (secondary N) is 1. The fourth-order valence-corrected chi connectivity index (χ4v) is 4.21. The van der Waals surface area contributed by atoms with Crippen LogP contribution in [-0.2, 0) is 10.0 Å². The SMILES string of the molecule is Nc1c(Cl)ccc(S(=O)(=O)NC2(CO)CCC2)c1Cl. The van der Waals surface area contributed by atoms with E-state index < -0.39 is 15.6 Å². The predicted octanol–water partition coefficient (Wildman–Crippen LogP) is 1.77. The van der Waals surface area contributed by atoms with Crippen molar-refractivity contribution in [2.24, 2.45) is 0 Å². The quantitative estimate of drug-likeness (QED) is 0.736. The van der Waals surface area contributed by atoms with Crippen LogP contribution in [0.1, 0.15) is 19.3 Å². The number of rotatable bonds is 4. The van der Waals surface area contributed by atoms with Gasteiger partial charge in [0.2, 0.25) is 10.0 Å². The molecule has 0 heterocycles. The van der Waals surface area contributed by atoms with Crippen LogP contribution in [0.5, 0.6) is 0 Å². The number of sulfonamides is 1. The Morgan fingerprint density at radius 1 is 1.37 bits per heavy atom. The van der Waals surface area contributed by atoms with Crippen molar-refractivity contribution in [2.45, 2.75) is 29.7 Å². The van der Waals surface area contributed by atoms with E-state index in [2.05, 4.69) is 4.72 Å². The normalized spacial score (nSPS) is 18.1. The standard InChI is InChI=1S/C11H14Cl2N2O3S/c12-7-2-3-8(9(13)10(7)14)19(17,18)15-11(6-16)4-1-5-11/h2-3,15-16H,1,4-6,14H2. The molecular formula is C11H14Cl2N2O3S. The van der Waals surface area contributed by atoms with E-state index in [1.807, 2.05) is 0 Å². The fraction of sp³-hybridized carbons (Fsp3) is 0.455. The van der Waals surface area contributed by atoms with Gasteiger partial charge in [0.25, 0.3) is 0 Å². The highest BCUT2D eigenvalue weighted by molar-refractivity contribution is 7.89. The highest BCUT2D eigenvalue weighted by atomic mass is 35.5. The molecule has 19 heavy (non-hydrogen) atoms. The molecule has 1 aromatic rings. The number of hydrogen-bond donors (Lipinski definition) is 3. The van der Waals surface area contributed by atoms with Gasteiger partial charge in [0.15, 0.2) is 0 Å². The molecule has 1 saturated carbocycles. The summed E-state index contributed by atoms with van der Waals surface area (Å²) in [5, 5.41) is 9.40. The molecule has 1 aliphatic rings. The number of nitrogen functional groups attached to an aromatic ring is 1. The van der Waals surface area contributed by atoms with Crippen LogP contribution in [0, 0.1) is 0 Å². The molecule has 2 rings (SSSR count). The van der Waals surface area contributed by atoms with Crippen LogP contribution in [0.25, 0.3) is 0 Å². The van der Waals surface area contributed by atoms with Crippen molar-refractivity contribution in [2.75, 3.05) is 12.3 Å². The van der Waals surface area contributed by atoms with Gasteiger partial charge in [0.05, 0.1) is 27.9 Å². The van der Waals surface area contributed by atoms with Crippen LogP contribution >= 0.6 is 23.2 Å². The zero-order chi connectivity index (χ0) is 14.3. The van der Waals surface area contributed by atoms with E-state index in [4.69, 9.17) is 28.9 Å². The van der Waals surface area contributed by atoms with E-state index >= 15 is 0 Å². The molecule has 0 saturated heterocycles. The van der Waals surface area contributed by atoms with Crippen molar-refractivity contribution in [3.8, 4) is 0 Å². The molecule has 1 aliphatic carbocycles. The van der Waals surface area contributed by atoms with Gasteiger partial charge in [-0.1, -0.05) is 23.2 Å². The first-order chi connectivity index (χ1) is 8.81. The average Bonchev–Trinajstić information content (AvgIpc) is 2.30. The van der Waals surface area contributed by atoms with E-state index in [1.54, 1.807) is 0 Å². The molecule has 0 spiro atoms. The smallest absolute Gasteiger partial charge is 0.242 e. The summed E-state index contributed by atoms with van der Waals surface area (Å²) < 4.78 is 27.1. The Hall–Kier alpha value is -0.530. The summed E-state index contributed by atoms with van der Waals surface area (Å²) in [6.45, 7) is -0.243. The summed E-state index contributed by atoms with van der Waals surface area (Å²) in [7, 11) is -3.84. The first-order valence-electron chi connectivity index (χ1n) is 5.70. The third-order valence-corrected chi connectivity index (χ3v) is 5.81. The van der Waals surface area contributed by atoms with E-state index in [-0.39, 0.29) is 27.2 Å². The number of halogens is 2. The third-order valence-electron chi connectivity index (χ3n) is 3.34. The Morgan fingerprint density at radius 3 is 2.47 bits per heavy atom. The lowest BCUT2D eigenvalue weighted by Crippen LogP contribution is -2.56.